The van der Waals surface area contributed by atoms with Gasteiger partial charge in [-0.2, -0.15) is 0 Å². The van der Waals surface area contributed by atoms with Crippen LogP contribution in [0.4, 0.5) is 5.69 Å². The number of esters is 3. The number of carbonyl (C=O) groups excluding carboxylic acids is 4. The van der Waals surface area contributed by atoms with Crippen LogP contribution < -0.4 is 9.64 Å². The summed E-state index contributed by atoms with van der Waals surface area (Å²) in [6.07, 6.45) is 3.36. The first-order chi connectivity index (χ1) is 29.2. The first kappa shape index (κ1) is 41.5. The Morgan fingerprint density at radius 2 is 1.74 bits per heavy atom. The second kappa shape index (κ2) is 14.4. The molecule has 0 radical (unpaired) electrons. The highest BCUT2D eigenvalue weighted by molar-refractivity contribution is 5.96. The number of aliphatic hydroxyl groups is 3. The predicted octanol–water partition coefficient (Wildman–Crippen LogP) is 2.49. The molecule has 1 aromatic heterocycles. The van der Waals surface area contributed by atoms with Gasteiger partial charge in [0.2, 0.25) is 12.0 Å². The predicted molar refractivity (Wildman–Crippen MR) is 222 cm³/mol. The third-order valence-electron chi connectivity index (χ3n) is 15.7. The number of fused-ring (bicyclic) bond motifs is 6. The Morgan fingerprint density at radius 1 is 0.984 bits per heavy atom. The maximum absolute atomic E-state index is 15.3. The summed E-state index contributed by atoms with van der Waals surface area (Å²) >= 11 is 0. The molecule has 1 amide bonds. The number of H-pyrrole nitrogens is 1. The number of aromatic nitrogens is 1. The number of nitrogens with zero attached hydrogens (tertiary/aromatic N) is 3. The third kappa shape index (κ3) is 5.27. The van der Waals surface area contributed by atoms with Crippen molar-refractivity contribution in [3.8, 4) is 5.75 Å². The molecular formula is C46H56N4O11. The Bertz CT molecular complexity index is 2350. The van der Waals surface area contributed by atoms with Gasteiger partial charge in [-0.25, -0.2) is 4.79 Å². The third-order valence-corrected chi connectivity index (χ3v) is 15.7. The molecule has 61 heavy (non-hydrogen) atoms. The lowest BCUT2D eigenvalue weighted by atomic mass is 9.47. The Kier molecular flexibility index (Phi) is 9.79. The summed E-state index contributed by atoms with van der Waals surface area (Å²) in [7, 11) is 3.96. The lowest BCUT2D eigenvalue weighted by molar-refractivity contribution is -0.228. The van der Waals surface area contributed by atoms with Crippen molar-refractivity contribution in [2.75, 3.05) is 59.0 Å². The van der Waals surface area contributed by atoms with E-state index in [1.807, 2.05) is 56.3 Å². The zero-order chi connectivity index (χ0) is 43.4. The van der Waals surface area contributed by atoms with E-state index in [-0.39, 0.29) is 25.1 Å². The summed E-state index contributed by atoms with van der Waals surface area (Å²) in [5.74, 6) is -2.79. The number of ether oxygens (including phenoxy) is 4. The number of methoxy groups -OCH3 is 3. The van der Waals surface area contributed by atoms with Gasteiger partial charge in [0.15, 0.2) is 6.10 Å². The van der Waals surface area contributed by atoms with E-state index >= 15 is 4.79 Å². The molecule has 2 aromatic carbocycles. The topological polar surface area (TPSA) is 191 Å². The molecule has 6 heterocycles. The van der Waals surface area contributed by atoms with E-state index in [4.69, 9.17) is 18.9 Å². The van der Waals surface area contributed by atoms with Crippen LogP contribution in [0.2, 0.25) is 0 Å². The van der Waals surface area contributed by atoms with Crippen LogP contribution in [0.5, 0.6) is 5.75 Å². The van der Waals surface area contributed by atoms with Crippen LogP contribution in [0.25, 0.3) is 10.9 Å². The van der Waals surface area contributed by atoms with Gasteiger partial charge in [0, 0.05) is 84.1 Å². The molecule has 326 valence electrons. The van der Waals surface area contributed by atoms with Crippen molar-refractivity contribution >= 4 is 40.9 Å². The molecule has 15 heteroatoms. The minimum Gasteiger partial charge on any atom is -0.496 e. The molecule has 11 atom stereocenters. The van der Waals surface area contributed by atoms with Gasteiger partial charge < -0.3 is 44.2 Å². The smallest absolute Gasteiger partial charge is 0.344 e. The van der Waals surface area contributed by atoms with Crippen LogP contribution in [0.15, 0.2) is 48.6 Å². The van der Waals surface area contributed by atoms with Gasteiger partial charge in [-0.15, -0.1) is 0 Å². The van der Waals surface area contributed by atoms with E-state index in [0.717, 1.165) is 23.6 Å². The maximum atomic E-state index is 15.3. The number of para-hydroxylation sites is 1. The number of nitrogens with one attached hydrogen (secondary N) is 1. The maximum Gasteiger partial charge on any atom is 0.344 e. The zero-order valence-corrected chi connectivity index (χ0v) is 35.6. The highest BCUT2D eigenvalue weighted by Crippen LogP contribution is 2.68. The first-order valence-corrected chi connectivity index (χ1v) is 21.4. The fraction of sp³-hybridized carbons (Fsp3) is 0.565. The Labute approximate surface area is 354 Å². The number of hydrogen-bond donors (Lipinski definition) is 4. The summed E-state index contributed by atoms with van der Waals surface area (Å²) in [5.41, 5.74) is -4.44. The van der Waals surface area contributed by atoms with Crippen LogP contribution in [0, 0.1) is 11.3 Å². The standard InChI is InChI=1S/C46H56N4O11/c1-7-42-15-11-17-49-19-16-44(37(42)49)30-20-31(34(58-4)21-33(30)50(25-51)38(44)46(57,41(55)60-6)39(42)61-26(3)52)45(40(54)59-5)22-27-23-48(24-43(56,8-2)36(27)53)18-14-29-28-12-9-10-13-32(28)47-35(29)45/h9-13,15,20-21,25,27,36-39,47,53,56-57H,7-8,14,16-19,22-24H2,1-6H3/t27-,36+,37-,38+,39-,42+,43-,44?,45-,46-/m0/s1. The van der Waals surface area contributed by atoms with Crippen molar-refractivity contribution in [2.24, 2.45) is 11.3 Å². The highest BCUT2D eigenvalue weighted by atomic mass is 16.6. The van der Waals surface area contributed by atoms with Gasteiger partial charge in [-0.1, -0.05) is 44.2 Å². The molecular weight excluding hydrogens is 785 g/mol. The summed E-state index contributed by atoms with van der Waals surface area (Å²) in [4.78, 5) is 65.9. The molecule has 2 bridgehead atoms. The second-order valence-corrected chi connectivity index (χ2v) is 18.1. The van der Waals surface area contributed by atoms with Gasteiger partial charge in [-0.05, 0) is 61.9 Å². The SMILES string of the molecule is CC[C@]1(O)CN2CCc3c([nH]c4ccccc34)[C@@](C(=O)OC)(c3cc4c(cc3OC)N(C=O)[C@@H]3C45CCN4CC=C[C@](CC)([C@H]45)[C@H](OC(C)=O)[C@]3(O)C(=O)OC)C[C@@H](C2)[C@H]1O. The lowest BCUT2D eigenvalue weighted by Crippen LogP contribution is -2.81. The lowest BCUT2D eigenvalue weighted by Gasteiger charge is -2.63. The van der Waals surface area contributed by atoms with Gasteiger partial charge in [0.25, 0.3) is 0 Å². The first-order valence-electron chi connectivity index (χ1n) is 21.4. The molecule has 5 aliphatic heterocycles. The van der Waals surface area contributed by atoms with E-state index in [9.17, 15) is 29.7 Å². The molecule has 1 aliphatic carbocycles. The molecule has 15 nitrogen and oxygen atoms in total. The van der Waals surface area contributed by atoms with Crippen LogP contribution in [0.3, 0.4) is 0 Å². The molecule has 1 spiro atoms. The van der Waals surface area contributed by atoms with Crippen molar-refractivity contribution in [2.45, 2.75) is 99.2 Å². The van der Waals surface area contributed by atoms with Crippen molar-refractivity contribution in [1.29, 1.82) is 0 Å². The average Bonchev–Trinajstić information content (AvgIpc) is 3.94. The minimum absolute atomic E-state index is 0.000253. The Balaban J connectivity index is 1.39. The number of carbonyl (C=O) groups is 4. The van der Waals surface area contributed by atoms with E-state index in [1.54, 1.807) is 6.07 Å². The number of rotatable bonds is 8. The van der Waals surface area contributed by atoms with Crippen molar-refractivity contribution in [1.82, 2.24) is 14.8 Å². The van der Waals surface area contributed by atoms with Crippen LogP contribution in [-0.4, -0.2) is 144 Å². The minimum atomic E-state index is -2.57. The molecule has 3 aromatic rings. The van der Waals surface area contributed by atoms with Gasteiger partial charge in [0.05, 0.1) is 39.2 Å². The average molecular weight is 841 g/mol. The van der Waals surface area contributed by atoms with Gasteiger partial charge in [-0.3, -0.25) is 24.2 Å². The van der Waals surface area contributed by atoms with Crippen LogP contribution in [0.1, 0.15) is 68.8 Å². The second-order valence-electron chi connectivity index (χ2n) is 18.1. The molecule has 4 N–H and O–H groups in total. The summed E-state index contributed by atoms with van der Waals surface area (Å²) in [6.45, 7) is 7.26. The molecule has 1 saturated carbocycles. The van der Waals surface area contributed by atoms with E-state index in [0.29, 0.717) is 74.4 Å². The highest BCUT2D eigenvalue weighted by Gasteiger charge is 2.81. The van der Waals surface area contributed by atoms with Crippen LogP contribution >= 0.6 is 0 Å². The van der Waals surface area contributed by atoms with Crippen LogP contribution in [-0.2, 0) is 50.6 Å². The number of piperidine rings is 1. The van der Waals surface area contributed by atoms with Gasteiger partial charge >= 0.3 is 17.9 Å². The Morgan fingerprint density at radius 3 is 2.41 bits per heavy atom. The molecule has 2 unspecified atom stereocenters. The summed E-state index contributed by atoms with van der Waals surface area (Å²) in [5, 5.41) is 38.3. The van der Waals surface area contributed by atoms with Crippen molar-refractivity contribution in [3.05, 3.63) is 70.9 Å². The fourth-order valence-electron chi connectivity index (χ4n) is 13.3. The monoisotopic (exact) mass is 840 g/mol. The summed E-state index contributed by atoms with van der Waals surface area (Å²) < 4.78 is 23.6. The van der Waals surface area contributed by atoms with Gasteiger partial charge in [0.1, 0.15) is 16.8 Å². The van der Waals surface area contributed by atoms with E-state index < -0.39 is 75.6 Å². The summed E-state index contributed by atoms with van der Waals surface area (Å²) in [6, 6.07) is 9.58. The number of hydrogen-bond acceptors (Lipinski definition) is 13. The Hall–Kier alpha value is -4.80. The molecule has 6 aliphatic rings. The van der Waals surface area contributed by atoms with Crippen molar-refractivity contribution in [3.63, 3.8) is 0 Å². The number of anilines is 1. The fourth-order valence-corrected chi connectivity index (χ4v) is 13.3. The zero-order valence-electron chi connectivity index (χ0n) is 35.6. The number of aliphatic hydroxyl groups excluding tert-OH is 1. The number of aromatic amines is 1. The molecule has 2 saturated heterocycles. The number of amides is 1. The quantitative estimate of drug-likeness (QED) is 0.112. The number of benzene rings is 2. The molecule has 9 rings (SSSR count). The molecule has 3 fully saturated rings. The van der Waals surface area contributed by atoms with E-state index in [2.05, 4.69) is 14.8 Å². The largest absolute Gasteiger partial charge is 0.496 e. The van der Waals surface area contributed by atoms with Crippen molar-refractivity contribution < 1.29 is 53.4 Å². The normalized spacial score (nSPS) is 37.3. The van der Waals surface area contributed by atoms with E-state index in [1.165, 1.54) is 26.0 Å².